The summed E-state index contributed by atoms with van der Waals surface area (Å²) in [6.07, 6.45) is 5.91. The first kappa shape index (κ1) is 37.8. The van der Waals surface area contributed by atoms with E-state index in [9.17, 15) is 0 Å². The number of benzene rings is 6. The minimum atomic E-state index is -0.136. The van der Waals surface area contributed by atoms with Crippen molar-refractivity contribution in [2.75, 3.05) is 11.9 Å². The molecule has 306 valence electrons. The van der Waals surface area contributed by atoms with Crippen LogP contribution in [0, 0.1) is 26.0 Å². The molecule has 13 rings (SSSR count). The average Bonchev–Trinajstić information content (AvgIpc) is 4.10. The van der Waals surface area contributed by atoms with Crippen LogP contribution in [0.4, 0.5) is 5.69 Å². The second kappa shape index (κ2) is 13.3. The van der Waals surface area contributed by atoms with Crippen molar-refractivity contribution in [1.29, 1.82) is 0 Å². The summed E-state index contributed by atoms with van der Waals surface area (Å²) in [5.74, 6) is 2.44. The molecule has 0 saturated heterocycles. The summed E-state index contributed by atoms with van der Waals surface area (Å²) < 4.78 is 16.1. The van der Waals surface area contributed by atoms with E-state index in [1.165, 1.54) is 22.2 Å². The topological polar surface area (TPSA) is 74.2 Å². The molecule has 0 radical (unpaired) electrons. The third-order valence-electron chi connectivity index (χ3n) is 13.1. The number of furan rings is 1. The van der Waals surface area contributed by atoms with Crippen molar-refractivity contribution >= 4 is 89.7 Å². The van der Waals surface area contributed by atoms with Crippen LogP contribution in [0.15, 0.2) is 132 Å². The van der Waals surface area contributed by atoms with Gasteiger partial charge >= 0.3 is 28.0 Å². The summed E-state index contributed by atoms with van der Waals surface area (Å²) in [6.45, 7) is 11.0. The molecule has 0 saturated carbocycles. The molecule has 1 aliphatic rings. The first-order valence-corrected chi connectivity index (χ1v) is 21.1. The van der Waals surface area contributed by atoms with E-state index in [1.54, 1.807) is 0 Å². The maximum Gasteiger partial charge on any atom is 2.00 e. The van der Waals surface area contributed by atoms with E-state index in [1.807, 2.05) is 24.5 Å². The van der Waals surface area contributed by atoms with Crippen molar-refractivity contribution in [3.8, 4) is 22.9 Å². The number of para-hydroxylation sites is 4. The quantitative estimate of drug-likeness (QED) is 0.130. The Labute approximate surface area is 377 Å². The Morgan fingerprint density at radius 3 is 2.25 bits per heavy atom. The molecule has 0 N–H and O–H groups in total. The van der Waals surface area contributed by atoms with Gasteiger partial charge in [0.05, 0.1) is 16.6 Å². The molecule has 11 heteroatoms. The van der Waals surface area contributed by atoms with Gasteiger partial charge in [0, 0.05) is 41.0 Å². The van der Waals surface area contributed by atoms with Crippen molar-refractivity contribution in [3.05, 3.63) is 157 Å². The Bertz CT molecular complexity index is 3860. The Morgan fingerprint density at radius 1 is 0.698 bits per heavy atom. The monoisotopic (exact) mass is 997 g/mol. The predicted molar refractivity (Wildman–Crippen MR) is 252 cm³/mol. The smallest absolute Gasteiger partial charge is 0.498 e. The molecular weight excluding hydrogens is 959 g/mol. The van der Waals surface area contributed by atoms with E-state index in [0.29, 0.717) is 0 Å². The zero-order chi connectivity index (χ0) is 41.8. The minimum Gasteiger partial charge on any atom is -0.498 e. The molecule has 0 spiro atoms. The van der Waals surface area contributed by atoms with Gasteiger partial charge in [0.2, 0.25) is 5.78 Å². The molecule has 0 aliphatic carbocycles. The number of pyridine rings is 1. The molecule has 1 aliphatic heterocycles. The Hall–Kier alpha value is -6.90. The standard InChI is InChI=1S/C52H39BN8O.Pt/c1-30-14-13-15-31(2)47(30)53-57(6)48-36(50-55-24-25-58(50)53)28-43(49-46(48)34-17-8-12-21-44(34)62-49)61-42-29-40-35(27-41(42)60-39-20-11-9-18-37(39)56-51(60)61)33-16-7-10-19-38(33)59(40)45-26-32(22-23-54-45)52(3,4)5;/h7-27H,1-6H3;/q-2;+2. The van der Waals surface area contributed by atoms with Crippen LogP contribution in [0.2, 0.25) is 0 Å². The second-order valence-corrected chi connectivity index (χ2v) is 17.8. The minimum absolute atomic E-state index is 0. The van der Waals surface area contributed by atoms with Gasteiger partial charge in [0.1, 0.15) is 11.4 Å². The SMILES string of the molecule is Cc1cccc(C)c1B1N(C)c2c([c-]c(-n3c4[c-]c5c(cc4n4c6ccccc6nc34)c3ccccc3n5-c3cc(C(C)(C)C)ccn3)c3oc4ccccc4c23)-c2nccn21.[Pt+2]. The van der Waals surface area contributed by atoms with Gasteiger partial charge in [-0.2, -0.15) is 0 Å². The number of rotatable bonds is 3. The van der Waals surface area contributed by atoms with Crippen LogP contribution in [0.5, 0.6) is 0 Å². The molecule has 0 amide bonds. The fourth-order valence-electron chi connectivity index (χ4n) is 10.3. The molecule has 6 aromatic heterocycles. The normalized spacial score (nSPS) is 13.0. The van der Waals surface area contributed by atoms with E-state index in [-0.39, 0.29) is 33.5 Å². The zero-order valence-electron chi connectivity index (χ0n) is 35.5. The van der Waals surface area contributed by atoms with Gasteiger partial charge in [0.15, 0.2) is 0 Å². The molecule has 12 aromatic rings. The molecule has 63 heavy (non-hydrogen) atoms. The largest absolute Gasteiger partial charge is 2.00 e. The first-order valence-electron chi connectivity index (χ1n) is 21.1. The van der Waals surface area contributed by atoms with Crippen LogP contribution in [0.25, 0.3) is 94.5 Å². The van der Waals surface area contributed by atoms with Gasteiger partial charge in [-0.3, -0.25) is 4.98 Å². The van der Waals surface area contributed by atoms with Crippen molar-refractivity contribution in [2.45, 2.75) is 40.0 Å². The number of hydrogen-bond acceptors (Lipinski definition) is 5. The van der Waals surface area contributed by atoms with Gasteiger partial charge in [-0.25, -0.2) is 9.97 Å². The summed E-state index contributed by atoms with van der Waals surface area (Å²) in [5, 5.41) is 4.24. The Balaban J connectivity index is 0.00000421. The summed E-state index contributed by atoms with van der Waals surface area (Å²) in [5.41, 5.74) is 14.8. The number of aromatic nitrogens is 7. The van der Waals surface area contributed by atoms with Crippen molar-refractivity contribution in [3.63, 3.8) is 0 Å². The number of nitrogens with zero attached hydrogens (tertiary/aromatic N) is 8. The summed E-state index contributed by atoms with van der Waals surface area (Å²) >= 11 is 0. The maximum atomic E-state index is 7.05. The van der Waals surface area contributed by atoms with Crippen molar-refractivity contribution < 1.29 is 25.5 Å². The van der Waals surface area contributed by atoms with Crippen LogP contribution >= 0.6 is 0 Å². The molecule has 9 nitrogen and oxygen atoms in total. The molecule has 0 fully saturated rings. The van der Waals surface area contributed by atoms with E-state index < -0.39 is 0 Å². The third-order valence-corrected chi connectivity index (χ3v) is 13.1. The van der Waals surface area contributed by atoms with E-state index in [0.717, 1.165) is 100 Å². The van der Waals surface area contributed by atoms with Crippen LogP contribution in [0.3, 0.4) is 0 Å². The number of imidazole rings is 3. The number of anilines is 1. The van der Waals surface area contributed by atoms with E-state index >= 15 is 0 Å². The fraction of sp³-hybridized carbons (Fsp3) is 0.135. The Kier molecular flexibility index (Phi) is 7.99. The van der Waals surface area contributed by atoms with Gasteiger partial charge in [-0.05, 0) is 101 Å². The van der Waals surface area contributed by atoms with Crippen LogP contribution in [-0.2, 0) is 26.5 Å². The van der Waals surface area contributed by atoms with Crippen LogP contribution in [-0.4, -0.2) is 47.0 Å². The predicted octanol–water partition coefficient (Wildman–Crippen LogP) is 10.9. The van der Waals surface area contributed by atoms with E-state index in [2.05, 4.69) is 180 Å². The molecule has 6 aromatic carbocycles. The second-order valence-electron chi connectivity index (χ2n) is 17.8. The number of aryl methyl sites for hydroxylation is 2. The Morgan fingerprint density at radius 2 is 1.44 bits per heavy atom. The molecule has 0 atom stereocenters. The summed E-state index contributed by atoms with van der Waals surface area (Å²) in [7, 11) is 2.18. The van der Waals surface area contributed by atoms with Gasteiger partial charge in [-0.1, -0.05) is 115 Å². The third kappa shape index (κ3) is 5.13. The van der Waals surface area contributed by atoms with Crippen molar-refractivity contribution in [2.24, 2.45) is 0 Å². The number of hydrogen-bond donors (Lipinski definition) is 0. The maximum absolute atomic E-state index is 7.05. The van der Waals surface area contributed by atoms with Crippen molar-refractivity contribution in [1.82, 2.24) is 33.0 Å². The zero-order valence-corrected chi connectivity index (χ0v) is 37.8. The van der Waals surface area contributed by atoms with Crippen LogP contribution < -0.4 is 10.3 Å². The molecule has 0 unspecified atom stereocenters. The van der Waals surface area contributed by atoms with Gasteiger partial charge in [-0.15, -0.1) is 18.2 Å². The summed E-state index contributed by atoms with van der Waals surface area (Å²) in [4.78, 5) is 17.8. The average molecular weight is 998 g/mol. The number of fused-ring (bicyclic) bond motifs is 15. The van der Waals surface area contributed by atoms with E-state index in [4.69, 9.17) is 19.4 Å². The molecule has 0 bridgehead atoms. The van der Waals surface area contributed by atoms with Gasteiger partial charge in [0.25, 0.3) is 0 Å². The first-order chi connectivity index (χ1) is 30.2. The molecule has 7 heterocycles. The molecular formula is C52H39BN8OPt. The summed E-state index contributed by atoms with van der Waals surface area (Å²) in [6, 6.07) is 46.4. The van der Waals surface area contributed by atoms with Crippen LogP contribution in [0.1, 0.15) is 37.5 Å². The van der Waals surface area contributed by atoms with Gasteiger partial charge < -0.3 is 27.2 Å². The fourth-order valence-corrected chi connectivity index (χ4v) is 10.3.